The zero-order valence-corrected chi connectivity index (χ0v) is 12.8. The summed E-state index contributed by atoms with van der Waals surface area (Å²) in [5, 5.41) is 6.41. The number of aryl methyl sites for hydroxylation is 1. The third kappa shape index (κ3) is 4.04. The van der Waals surface area contributed by atoms with Crippen LogP contribution in [0, 0.1) is 6.92 Å². The Hall–Kier alpha value is -1.89. The molecule has 2 heterocycles. The Kier molecular flexibility index (Phi) is 4.95. The van der Waals surface area contributed by atoms with E-state index < -0.39 is 0 Å². The number of anilines is 1. The molecule has 1 atom stereocenters. The van der Waals surface area contributed by atoms with Crippen LogP contribution in [-0.2, 0) is 9.59 Å². The van der Waals surface area contributed by atoms with Crippen molar-refractivity contribution in [2.75, 3.05) is 32.5 Å². The minimum absolute atomic E-state index is 0.0953. The standard InChI is InChI=1S/C14H22N4O3/c1-10-9-12(16-21-10)15-13(19)6-8-18-7-4-5-11(18)14(20)17(2)3/h9,11H,4-8H2,1-3H3,(H,15,16,19). The molecule has 21 heavy (non-hydrogen) atoms. The monoisotopic (exact) mass is 294 g/mol. The van der Waals surface area contributed by atoms with Gasteiger partial charge in [-0.3, -0.25) is 14.5 Å². The number of likely N-dealkylation sites (N-methyl/N-ethyl adjacent to an activating group) is 1. The Morgan fingerprint density at radius 2 is 2.29 bits per heavy atom. The molecule has 1 aliphatic heterocycles. The van der Waals surface area contributed by atoms with Crippen LogP contribution in [0.1, 0.15) is 25.0 Å². The first-order chi connectivity index (χ1) is 9.97. The molecule has 1 aromatic rings. The smallest absolute Gasteiger partial charge is 0.239 e. The summed E-state index contributed by atoms with van der Waals surface area (Å²) in [7, 11) is 3.52. The molecule has 1 unspecified atom stereocenters. The zero-order valence-electron chi connectivity index (χ0n) is 12.8. The molecule has 1 aliphatic rings. The lowest BCUT2D eigenvalue weighted by molar-refractivity contribution is -0.133. The molecular weight excluding hydrogens is 272 g/mol. The zero-order chi connectivity index (χ0) is 15.4. The molecule has 0 saturated carbocycles. The summed E-state index contributed by atoms with van der Waals surface area (Å²) in [6, 6.07) is 1.58. The van der Waals surface area contributed by atoms with E-state index in [1.807, 2.05) is 0 Å². The number of likely N-dealkylation sites (tertiary alicyclic amines) is 1. The molecule has 2 rings (SSSR count). The highest BCUT2D eigenvalue weighted by molar-refractivity contribution is 5.89. The number of hydrogen-bond donors (Lipinski definition) is 1. The van der Waals surface area contributed by atoms with Gasteiger partial charge in [0.2, 0.25) is 11.8 Å². The molecule has 1 aromatic heterocycles. The topological polar surface area (TPSA) is 78.7 Å². The summed E-state index contributed by atoms with van der Waals surface area (Å²) < 4.78 is 4.89. The predicted octanol–water partition coefficient (Wildman–Crippen LogP) is 0.864. The van der Waals surface area contributed by atoms with Gasteiger partial charge >= 0.3 is 0 Å². The Morgan fingerprint density at radius 3 is 2.90 bits per heavy atom. The van der Waals surface area contributed by atoms with E-state index >= 15 is 0 Å². The Balaban J connectivity index is 1.81. The van der Waals surface area contributed by atoms with Crippen LogP contribution in [0.15, 0.2) is 10.6 Å². The third-order valence-corrected chi connectivity index (χ3v) is 3.61. The highest BCUT2D eigenvalue weighted by Crippen LogP contribution is 2.19. The van der Waals surface area contributed by atoms with Crippen LogP contribution in [0.25, 0.3) is 0 Å². The van der Waals surface area contributed by atoms with E-state index in [4.69, 9.17) is 4.52 Å². The fourth-order valence-corrected chi connectivity index (χ4v) is 2.55. The number of rotatable bonds is 5. The second-order valence-corrected chi connectivity index (χ2v) is 5.55. The van der Waals surface area contributed by atoms with Gasteiger partial charge in [0.1, 0.15) is 5.76 Å². The van der Waals surface area contributed by atoms with Crippen molar-refractivity contribution in [3.63, 3.8) is 0 Å². The van der Waals surface area contributed by atoms with Crippen molar-refractivity contribution in [1.29, 1.82) is 0 Å². The van der Waals surface area contributed by atoms with E-state index in [1.165, 1.54) is 0 Å². The summed E-state index contributed by atoms with van der Waals surface area (Å²) in [6.07, 6.45) is 2.19. The van der Waals surface area contributed by atoms with Crippen molar-refractivity contribution < 1.29 is 14.1 Å². The maximum Gasteiger partial charge on any atom is 0.239 e. The maximum absolute atomic E-state index is 12.1. The summed E-state index contributed by atoms with van der Waals surface area (Å²) in [5.74, 6) is 1.08. The maximum atomic E-state index is 12.1. The van der Waals surface area contributed by atoms with Gasteiger partial charge in [0, 0.05) is 33.1 Å². The van der Waals surface area contributed by atoms with Crippen molar-refractivity contribution >= 4 is 17.6 Å². The molecule has 116 valence electrons. The number of carbonyl (C=O) groups excluding carboxylic acids is 2. The normalized spacial score (nSPS) is 18.7. The van der Waals surface area contributed by atoms with Crippen LogP contribution in [0.5, 0.6) is 0 Å². The van der Waals surface area contributed by atoms with E-state index in [1.54, 1.807) is 32.0 Å². The van der Waals surface area contributed by atoms with Gasteiger partial charge in [-0.15, -0.1) is 0 Å². The van der Waals surface area contributed by atoms with E-state index in [0.717, 1.165) is 19.4 Å². The minimum atomic E-state index is -0.119. The molecule has 0 aromatic carbocycles. The molecule has 0 aliphatic carbocycles. The van der Waals surface area contributed by atoms with E-state index in [-0.39, 0.29) is 17.9 Å². The number of nitrogens with zero attached hydrogens (tertiary/aromatic N) is 3. The SMILES string of the molecule is Cc1cc(NC(=O)CCN2CCCC2C(=O)N(C)C)no1. The van der Waals surface area contributed by atoms with E-state index in [0.29, 0.717) is 24.5 Å². The van der Waals surface area contributed by atoms with Crippen LogP contribution in [0.2, 0.25) is 0 Å². The lowest BCUT2D eigenvalue weighted by Crippen LogP contribution is -2.43. The first-order valence-electron chi connectivity index (χ1n) is 7.16. The molecule has 7 heteroatoms. The average Bonchev–Trinajstić information content (AvgIpc) is 3.04. The van der Waals surface area contributed by atoms with Gasteiger partial charge in [-0.1, -0.05) is 5.16 Å². The van der Waals surface area contributed by atoms with Crippen molar-refractivity contribution in [2.45, 2.75) is 32.2 Å². The highest BCUT2D eigenvalue weighted by Gasteiger charge is 2.31. The quantitative estimate of drug-likeness (QED) is 0.871. The van der Waals surface area contributed by atoms with Crippen molar-refractivity contribution in [2.24, 2.45) is 0 Å². The van der Waals surface area contributed by atoms with Gasteiger partial charge in [-0.25, -0.2) is 0 Å². The predicted molar refractivity (Wildman–Crippen MR) is 77.8 cm³/mol. The van der Waals surface area contributed by atoms with E-state index in [9.17, 15) is 9.59 Å². The molecule has 1 saturated heterocycles. The van der Waals surface area contributed by atoms with Crippen LogP contribution >= 0.6 is 0 Å². The fourth-order valence-electron chi connectivity index (χ4n) is 2.55. The fraction of sp³-hybridized carbons (Fsp3) is 0.643. The lowest BCUT2D eigenvalue weighted by Gasteiger charge is -2.25. The molecule has 0 spiro atoms. The minimum Gasteiger partial charge on any atom is -0.360 e. The van der Waals surface area contributed by atoms with Crippen LogP contribution in [0.3, 0.4) is 0 Å². The van der Waals surface area contributed by atoms with Gasteiger partial charge in [0.05, 0.1) is 6.04 Å². The molecular formula is C14H22N4O3. The second-order valence-electron chi connectivity index (χ2n) is 5.55. The number of amides is 2. The summed E-state index contributed by atoms with van der Waals surface area (Å²) in [4.78, 5) is 27.6. The van der Waals surface area contributed by atoms with Gasteiger partial charge in [-0.05, 0) is 26.3 Å². The van der Waals surface area contributed by atoms with Crippen LogP contribution in [0.4, 0.5) is 5.82 Å². The first kappa shape index (κ1) is 15.5. The second kappa shape index (κ2) is 6.71. The third-order valence-electron chi connectivity index (χ3n) is 3.61. The summed E-state index contributed by atoms with van der Waals surface area (Å²) in [6.45, 7) is 3.21. The number of nitrogens with one attached hydrogen (secondary N) is 1. The lowest BCUT2D eigenvalue weighted by atomic mass is 10.2. The van der Waals surface area contributed by atoms with Gasteiger partial charge < -0.3 is 14.7 Å². The Bertz CT molecular complexity index is 512. The van der Waals surface area contributed by atoms with Crippen LogP contribution < -0.4 is 5.32 Å². The van der Waals surface area contributed by atoms with E-state index in [2.05, 4.69) is 15.4 Å². The molecule has 0 bridgehead atoms. The molecule has 1 N–H and O–H groups in total. The van der Waals surface area contributed by atoms with Gasteiger partial charge in [0.25, 0.3) is 0 Å². The molecule has 2 amide bonds. The van der Waals surface area contributed by atoms with Crippen molar-refractivity contribution in [1.82, 2.24) is 15.0 Å². The van der Waals surface area contributed by atoms with Gasteiger partial charge in [0.15, 0.2) is 5.82 Å². The largest absolute Gasteiger partial charge is 0.360 e. The Labute approximate surface area is 124 Å². The number of hydrogen-bond acceptors (Lipinski definition) is 5. The van der Waals surface area contributed by atoms with Crippen molar-refractivity contribution in [3.05, 3.63) is 11.8 Å². The molecule has 0 radical (unpaired) electrons. The van der Waals surface area contributed by atoms with Crippen molar-refractivity contribution in [3.8, 4) is 0 Å². The molecule has 1 fully saturated rings. The number of carbonyl (C=O) groups is 2. The van der Waals surface area contributed by atoms with Crippen LogP contribution in [-0.4, -0.2) is 60.0 Å². The number of aromatic nitrogens is 1. The summed E-state index contributed by atoms with van der Waals surface area (Å²) >= 11 is 0. The molecule has 7 nitrogen and oxygen atoms in total. The first-order valence-corrected chi connectivity index (χ1v) is 7.16. The van der Waals surface area contributed by atoms with Gasteiger partial charge in [-0.2, -0.15) is 0 Å². The summed E-state index contributed by atoms with van der Waals surface area (Å²) in [5.41, 5.74) is 0. The Morgan fingerprint density at radius 1 is 1.52 bits per heavy atom. The average molecular weight is 294 g/mol. The highest BCUT2D eigenvalue weighted by atomic mass is 16.5.